The number of hydrogen-bond acceptors (Lipinski definition) is 3. The molecule has 1 heterocycles. The second kappa shape index (κ2) is 7.38. The molecular formula is C16H20F4N2O2. The lowest BCUT2D eigenvalue weighted by Gasteiger charge is -2.40. The highest BCUT2D eigenvalue weighted by Crippen LogP contribution is 2.33. The molecule has 1 fully saturated rings. The highest BCUT2D eigenvalue weighted by atomic mass is 19.4. The maximum atomic E-state index is 14.3. The molecule has 0 saturated carbocycles. The standard InChI is InChI=1S/C16H20F4N2O2/c1-10(23)21-12-6-7-14(16(18,19)20)22(9-12)8-11-4-3-5-13(24-2)15(11)17/h3-5,12,14H,6-9H2,1-2H3,(H,21,23)/t12-,14+/m1/s1. The zero-order chi connectivity index (χ0) is 17.9. The van der Waals surface area contributed by atoms with E-state index in [1.54, 1.807) is 0 Å². The predicted molar refractivity (Wildman–Crippen MR) is 80.0 cm³/mol. The first kappa shape index (κ1) is 18.5. The maximum absolute atomic E-state index is 14.3. The summed E-state index contributed by atoms with van der Waals surface area (Å²) in [5.74, 6) is -0.966. The number of carbonyl (C=O) groups is 1. The Morgan fingerprint density at radius 2 is 2.08 bits per heavy atom. The molecule has 0 spiro atoms. The van der Waals surface area contributed by atoms with E-state index in [0.717, 1.165) is 0 Å². The lowest BCUT2D eigenvalue weighted by Crippen LogP contribution is -2.55. The monoisotopic (exact) mass is 348 g/mol. The number of methoxy groups -OCH3 is 1. The highest BCUT2D eigenvalue weighted by Gasteiger charge is 2.46. The fourth-order valence-electron chi connectivity index (χ4n) is 3.05. The van der Waals surface area contributed by atoms with E-state index in [1.165, 1.54) is 37.1 Å². The minimum absolute atomic E-state index is 0.00789. The molecule has 1 saturated heterocycles. The first-order valence-corrected chi connectivity index (χ1v) is 7.61. The summed E-state index contributed by atoms with van der Waals surface area (Å²) < 4.78 is 59.0. The number of piperidine rings is 1. The number of benzene rings is 1. The van der Waals surface area contributed by atoms with Gasteiger partial charge in [0.15, 0.2) is 11.6 Å². The summed E-state index contributed by atoms with van der Waals surface area (Å²) in [6, 6.07) is 2.35. The van der Waals surface area contributed by atoms with E-state index in [9.17, 15) is 22.4 Å². The van der Waals surface area contributed by atoms with Crippen LogP contribution in [-0.2, 0) is 11.3 Å². The molecule has 0 radical (unpaired) electrons. The number of nitrogens with zero attached hydrogens (tertiary/aromatic N) is 1. The third kappa shape index (κ3) is 4.37. The van der Waals surface area contributed by atoms with Crippen molar-refractivity contribution in [2.45, 2.75) is 44.6 Å². The number of nitrogens with one attached hydrogen (secondary N) is 1. The number of rotatable bonds is 4. The van der Waals surface area contributed by atoms with Gasteiger partial charge in [0.05, 0.1) is 7.11 Å². The van der Waals surface area contributed by atoms with Crippen LogP contribution in [0.15, 0.2) is 18.2 Å². The van der Waals surface area contributed by atoms with Crippen LogP contribution >= 0.6 is 0 Å². The quantitative estimate of drug-likeness (QED) is 0.851. The fraction of sp³-hybridized carbons (Fsp3) is 0.562. The number of halogens is 4. The Kier molecular flexibility index (Phi) is 5.69. The fourth-order valence-corrected chi connectivity index (χ4v) is 3.05. The Morgan fingerprint density at radius 3 is 2.67 bits per heavy atom. The van der Waals surface area contributed by atoms with Gasteiger partial charge in [-0.1, -0.05) is 12.1 Å². The molecule has 8 heteroatoms. The Bertz CT molecular complexity index is 592. The molecule has 0 aromatic heterocycles. The number of alkyl halides is 3. The average Bonchev–Trinajstić information content (AvgIpc) is 2.48. The third-order valence-corrected chi connectivity index (χ3v) is 4.11. The largest absolute Gasteiger partial charge is 0.494 e. The van der Waals surface area contributed by atoms with Crippen LogP contribution < -0.4 is 10.1 Å². The SMILES string of the molecule is COc1cccc(CN2C[C@H](NC(C)=O)CC[C@H]2C(F)(F)F)c1F. The van der Waals surface area contributed by atoms with Crippen molar-refractivity contribution in [3.8, 4) is 5.75 Å². The van der Waals surface area contributed by atoms with E-state index in [1.807, 2.05) is 0 Å². The van der Waals surface area contributed by atoms with Crippen LogP contribution in [0, 0.1) is 5.82 Å². The predicted octanol–water partition coefficient (Wildman–Crippen LogP) is 2.87. The second-order valence-corrected chi connectivity index (χ2v) is 5.90. The van der Waals surface area contributed by atoms with Crippen molar-refractivity contribution in [2.24, 2.45) is 0 Å². The van der Waals surface area contributed by atoms with Gasteiger partial charge in [-0.25, -0.2) is 4.39 Å². The lowest BCUT2D eigenvalue weighted by atomic mass is 9.96. The molecule has 4 nitrogen and oxygen atoms in total. The van der Waals surface area contributed by atoms with Gasteiger partial charge in [0.2, 0.25) is 5.91 Å². The minimum Gasteiger partial charge on any atom is -0.494 e. The van der Waals surface area contributed by atoms with Crippen LogP contribution in [0.5, 0.6) is 5.75 Å². The molecule has 1 N–H and O–H groups in total. The summed E-state index contributed by atoms with van der Waals surface area (Å²) in [6.45, 7) is 1.13. The Morgan fingerprint density at radius 1 is 1.38 bits per heavy atom. The summed E-state index contributed by atoms with van der Waals surface area (Å²) in [5, 5.41) is 2.64. The van der Waals surface area contributed by atoms with Gasteiger partial charge in [0.1, 0.15) is 6.04 Å². The van der Waals surface area contributed by atoms with Gasteiger partial charge in [-0.2, -0.15) is 13.2 Å². The number of amides is 1. The van der Waals surface area contributed by atoms with Crippen molar-refractivity contribution in [2.75, 3.05) is 13.7 Å². The van der Waals surface area contributed by atoms with E-state index in [0.29, 0.717) is 0 Å². The van der Waals surface area contributed by atoms with Gasteiger partial charge in [0.25, 0.3) is 0 Å². The van der Waals surface area contributed by atoms with E-state index in [-0.39, 0.29) is 49.2 Å². The first-order valence-electron chi connectivity index (χ1n) is 7.61. The number of carbonyl (C=O) groups excluding carboxylic acids is 1. The van der Waals surface area contributed by atoms with Crippen LogP contribution in [-0.4, -0.2) is 42.7 Å². The average molecular weight is 348 g/mol. The van der Waals surface area contributed by atoms with Crippen molar-refractivity contribution in [1.29, 1.82) is 0 Å². The van der Waals surface area contributed by atoms with Crippen LogP contribution in [0.1, 0.15) is 25.3 Å². The van der Waals surface area contributed by atoms with E-state index >= 15 is 0 Å². The molecule has 24 heavy (non-hydrogen) atoms. The van der Waals surface area contributed by atoms with Gasteiger partial charge < -0.3 is 10.1 Å². The van der Waals surface area contributed by atoms with Gasteiger partial charge in [0, 0.05) is 31.6 Å². The molecule has 1 aromatic rings. The van der Waals surface area contributed by atoms with Crippen LogP contribution in [0.4, 0.5) is 17.6 Å². The summed E-state index contributed by atoms with van der Waals surface area (Å²) in [4.78, 5) is 12.3. The highest BCUT2D eigenvalue weighted by molar-refractivity contribution is 5.73. The van der Waals surface area contributed by atoms with Gasteiger partial charge in [-0.3, -0.25) is 9.69 Å². The Balaban J connectivity index is 2.22. The number of likely N-dealkylation sites (tertiary alicyclic amines) is 1. The Hall–Kier alpha value is -1.83. The second-order valence-electron chi connectivity index (χ2n) is 5.90. The molecular weight excluding hydrogens is 328 g/mol. The zero-order valence-electron chi connectivity index (χ0n) is 13.5. The molecule has 1 aromatic carbocycles. The van der Waals surface area contributed by atoms with Crippen LogP contribution in [0.3, 0.4) is 0 Å². The third-order valence-electron chi connectivity index (χ3n) is 4.11. The van der Waals surface area contributed by atoms with Crippen molar-refractivity contribution >= 4 is 5.91 Å². The van der Waals surface area contributed by atoms with Crippen molar-refractivity contribution < 1.29 is 27.1 Å². The van der Waals surface area contributed by atoms with Gasteiger partial charge in [-0.15, -0.1) is 0 Å². The number of ether oxygens (including phenoxy) is 1. The van der Waals surface area contributed by atoms with Crippen molar-refractivity contribution in [1.82, 2.24) is 10.2 Å². The molecule has 2 atom stereocenters. The van der Waals surface area contributed by atoms with Crippen molar-refractivity contribution in [3.63, 3.8) is 0 Å². The molecule has 1 aliphatic rings. The topological polar surface area (TPSA) is 41.6 Å². The van der Waals surface area contributed by atoms with E-state index in [2.05, 4.69) is 5.32 Å². The van der Waals surface area contributed by atoms with E-state index < -0.39 is 18.0 Å². The molecule has 0 bridgehead atoms. The molecule has 2 rings (SSSR count). The first-order chi connectivity index (χ1) is 11.2. The van der Waals surface area contributed by atoms with Crippen LogP contribution in [0.2, 0.25) is 0 Å². The van der Waals surface area contributed by atoms with E-state index in [4.69, 9.17) is 4.74 Å². The molecule has 1 aliphatic heterocycles. The maximum Gasteiger partial charge on any atom is 0.404 e. The summed E-state index contributed by atoms with van der Waals surface area (Å²) in [5.41, 5.74) is 0.132. The normalized spacial score (nSPS) is 22.2. The summed E-state index contributed by atoms with van der Waals surface area (Å²) in [7, 11) is 1.30. The molecule has 0 aliphatic carbocycles. The molecule has 0 unspecified atom stereocenters. The Labute approximate surface area is 137 Å². The smallest absolute Gasteiger partial charge is 0.404 e. The zero-order valence-corrected chi connectivity index (χ0v) is 13.5. The van der Waals surface area contributed by atoms with Gasteiger partial charge in [-0.05, 0) is 18.9 Å². The lowest BCUT2D eigenvalue weighted by molar-refractivity contribution is -0.194. The minimum atomic E-state index is -4.41. The number of hydrogen-bond donors (Lipinski definition) is 1. The summed E-state index contributed by atoms with van der Waals surface area (Å²) in [6.07, 6.45) is -4.31. The summed E-state index contributed by atoms with van der Waals surface area (Å²) >= 11 is 0. The molecule has 1 amide bonds. The van der Waals surface area contributed by atoms with Crippen LogP contribution in [0.25, 0.3) is 0 Å². The molecule has 134 valence electrons. The van der Waals surface area contributed by atoms with Crippen molar-refractivity contribution in [3.05, 3.63) is 29.6 Å². The van der Waals surface area contributed by atoms with Gasteiger partial charge >= 0.3 is 6.18 Å².